The molecule has 0 aliphatic carbocycles. The van der Waals surface area contributed by atoms with E-state index in [0.717, 1.165) is 0 Å². The van der Waals surface area contributed by atoms with Gasteiger partial charge in [0, 0.05) is 13.0 Å². The van der Waals surface area contributed by atoms with Crippen LogP contribution in [0, 0.1) is 5.92 Å². The molecule has 3 N–H and O–H groups in total. The molecule has 1 aromatic rings. The van der Waals surface area contributed by atoms with Gasteiger partial charge in [0.2, 0.25) is 0 Å². The zero-order valence-electron chi connectivity index (χ0n) is 15.9. The van der Waals surface area contributed by atoms with Crippen molar-refractivity contribution in [1.29, 1.82) is 0 Å². The summed E-state index contributed by atoms with van der Waals surface area (Å²) in [6.45, 7) is 6.29. The SMILES string of the molecule is C=O.CC(C)C(O)C(=O)OCCCCC(=O)OCCl.NCc1ccccc1. The van der Waals surface area contributed by atoms with Gasteiger partial charge >= 0.3 is 11.9 Å². The molecule has 0 aliphatic heterocycles. The van der Waals surface area contributed by atoms with Crippen LogP contribution in [0.15, 0.2) is 30.3 Å². The van der Waals surface area contributed by atoms with Crippen LogP contribution in [0.4, 0.5) is 0 Å². The van der Waals surface area contributed by atoms with Gasteiger partial charge in [-0.2, -0.15) is 0 Å². The zero-order valence-corrected chi connectivity index (χ0v) is 16.7. The number of halogens is 1. The fourth-order valence-electron chi connectivity index (χ4n) is 1.65. The molecule has 8 heteroatoms. The highest BCUT2D eigenvalue weighted by molar-refractivity contribution is 6.17. The van der Waals surface area contributed by atoms with Gasteiger partial charge in [-0.25, -0.2) is 4.79 Å². The number of rotatable bonds is 9. The minimum atomic E-state index is -1.09. The molecule has 0 fully saturated rings. The Balaban J connectivity index is 0. The summed E-state index contributed by atoms with van der Waals surface area (Å²) in [7, 11) is 0. The molecule has 0 radical (unpaired) electrons. The van der Waals surface area contributed by atoms with E-state index in [1.807, 2.05) is 37.1 Å². The van der Waals surface area contributed by atoms with E-state index >= 15 is 0 Å². The molecular weight excluding hydrogens is 374 g/mol. The lowest BCUT2D eigenvalue weighted by Crippen LogP contribution is -2.28. The number of aliphatic hydroxyl groups is 1. The van der Waals surface area contributed by atoms with Gasteiger partial charge in [0.15, 0.2) is 12.2 Å². The summed E-state index contributed by atoms with van der Waals surface area (Å²) >= 11 is 5.20. The van der Waals surface area contributed by atoms with Crippen molar-refractivity contribution in [3.05, 3.63) is 35.9 Å². The molecule has 0 aromatic heterocycles. The fourth-order valence-corrected chi connectivity index (χ4v) is 1.77. The minimum Gasteiger partial charge on any atom is -0.464 e. The summed E-state index contributed by atoms with van der Waals surface area (Å²) in [6.07, 6.45) is 0.266. The number of benzene rings is 1. The van der Waals surface area contributed by atoms with E-state index in [0.29, 0.717) is 19.4 Å². The smallest absolute Gasteiger partial charge is 0.335 e. The predicted molar refractivity (Wildman–Crippen MR) is 104 cm³/mol. The lowest BCUT2D eigenvalue weighted by molar-refractivity contribution is -0.156. The number of carbonyl (C=O) groups excluding carboxylic acids is 3. The van der Waals surface area contributed by atoms with Gasteiger partial charge in [-0.15, -0.1) is 0 Å². The van der Waals surface area contributed by atoms with Crippen molar-refractivity contribution in [2.75, 3.05) is 12.7 Å². The number of carbonyl (C=O) groups is 3. The number of hydrogen-bond acceptors (Lipinski definition) is 7. The lowest BCUT2D eigenvalue weighted by Gasteiger charge is -2.13. The number of aliphatic hydroxyl groups excluding tert-OH is 1. The van der Waals surface area contributed by atoms with Crippen molar-refractivity contribution in [1.82, 2.24) is 0 Å². The fraction of sp³-hybridized carbons (Fsp3) is 0.526. The molecule has 1 aromatic carbocycles. The molecular formula is C19H30ClNO6. The first-order valence-corrected chi connectivity index (χ1v) is 9.05. The van der Waals surface area contributed by atoms with Crippen LogP contribution < -0.4 is 5.73 Å². The number of esters is 2. The number of alkyl halides is 1. The quantitative estimate of drug-likeness (QED) is 0.369. The molecule has 0 spiro atoms. The van der Waals surface area contributed by atoms with Crippen molar-refractivity contribution in [3.63, 3.8) is 0 Å². The highest BCUT2D eigenvalue weighted by atomic mass is 35.5. The van der Waals surface area contributed by atoms with E-state index in [1.165, 1.54) is 5.56 Å². The average Bonchev–Trinajstić information content (AvgIpc) is 2.69. The molecule has 0 saturated heterocycles. The van der Waals surface area contributed by atoms with E-state index in [-0.39, 0.29) is 31.0 Å². The Morgan fingerprint density at radius 2 is 1.74 bits per heavy atom. The Hall–Kier alpha value is -1.96. The highest BCUT2D eigenvalue weighted by Crippen LogP contribution is 2.05. The zero-order chi connectivity index (χ0) is 21.1. The second-order valence-corrected chi connectivity index (χ2v) is 5.85. The molecule has 0 amide bonds. The molecule has 1 unspecified atom stereocenters. The first-order chi connectivity index (χ1) is 12.9. The van der Waals surface area contributed by atoms with E-state index < -0.39 is 12.1 Å². The van der Waals surface area contributed by atoms with E-state index in [1.54, 1.807) is 13.8 Å². The van der Waals surface area contributed by atoms with Crippen LogP contribution in [0.5, 0.6) is 0 Å². The van der Waals surface area contributed by atoms with Gasteiger partial charge in [-0.3, -0.25) is 4.79 Å². The molecule has 1 rings (SSSR count). The summed E-state index contributed by atoms with van der Waals surface area (Å²) in [5, 5.41) is 9.35. The lowest BCUT2D eigenvalue weighted by atomic mass is 10.1. The van der Waals surface area contributed by atoms with Crippen LogP contribution in [0.1, 0.15) is 38.7 Å². The first kappa shape index (κ1) is 27.3. The van der Waals surface area contributed by atoms with Crippen LogP contribution in [-0.2, 0) is 30.4 Å². The van der Waals surface area contributed by atoms with E-state index in [2.05, 4.69) is 4.74 Å². The normalized spacial score (nSPS) is 10.6. The Morgan fingerprint density at radius 1 is 1.15 bits per heavy atom. The van der Waals surface area contributed by atoms with Crippen LogP contribution in [0.3, 0.4) is 0 Å². The minimum absolute atomic E-state index is 0.144. The third-order valence-corrected chi connectivity index (χ3v) is 3.30. The van der Waals surface area contributed by atoms with Crippen molar-refractivity contribution in [3.8, 4) is 0 Å². The molecule has 1 atom stereocenters. The van der Waals surface area contributed by atoms with Crippen molar-refractivity contribution in [2.24, 2.45) is 11.7 Å². The van der Waals surface area contributed by atoms with Gasteiger partial charge in [-0.1, -0.05) is 55.8 Å². The maximum absolute atomic E-state index is 11.2. The van der Waals surface area contributed by atoms with Crippen LogP contribution >= 0.6 is 11.6 Å². The summed E-state index contributed by atoms with van der Waals surface area (Å²) in [6, 6.07) is 9.85. The molecule has 0 heterocycles. The Labute approximate surface area is 165 Å². The van der Waals surface area contributed by atoms with Crippen LogP contribution in [0.2, 0.25) is 0 Å². The van der Waals surface area contributed by atoms with Gasteiger partial charge in [0.05, 0.1) is 6.61 Å². The maximum Gasteiger partial charge on any atom is 0.335 e. The molecule has 7 nitrogen and oxygen atoms in total. The summed E-state index contributed by atoms with van der Waals surface area (Å²) in [5.41, 5.74) is 6.54. The second-order valence-electron chi connectivity index (χ2n) is 5.63. The number of hydrogen-bond donors (Lipinski definition) is 2. The van der Waals surface area contributed by atoms with Crippen molar-refractivity contribution in [2.45, 2.75) is 45.8 Å². The Morgan fingerprint density at radius 3 is 2.19 bits per heavy atom. The molecule has 0 aliphatic rings. The largest absolute Gasteiger partial charge is 0.464 e. The molecule has 27 heavy (non-hydrogen) atoms. The van der Waals surface area contributed by atoms with Crippen LogP contribution in [0.25, 0.3) is 0 Å². The molecule has 0 bridgehead atoms. The highest BCUT2D eigenvalue weighted by Gasteiger charge is 2.19. The topological polar surface area (TPSA) is 116 Å². The maximum atomic E-state index is 11.2. The number of ether oxygens (including phenoxy) is 2. The second kappa shape index (κ2) is 18.8. The third-order valence-electron chi connectivity index (χ3n) is 3.19. The molecule has 0 saturated carbocycles. The monoisotopic (exact) mass is 403 g/mol. The first-order valence-electron chi connectivity index (χ1n) is 8.51. The van der Waals surface area contributed by atoms with E-state index in [4.69, 9.17) is 26.9 Å². The van der Waals surface area contributed by atoms with E-state index in [9.17, 15) is 14.7 Å². The molecule has 154 valence electrons. The average molecular weight is 404 g/mol. The Bertz CT molecular complexity index is 498. The standard InChI is InChI=1S/C11H19ClO5.C7H9N.CH2O/c1-8(2)10(14)11(15)16-6-4-3-5-9(13)17-7-12;8-6-7-4-2-1-3-5-7;1-2/h8,10,14H,3-7H2,1-2H3;1-5H,6,8H2;1H2. The van der Waals surface area contributed by atoms with Gasteiger partial charge in [0.1, 0.15) is 6.79 Å². The van der Waals surface area contributed by atoms with Crippen molar-refractivity contribution < 1.29 is 29.0 Å². The van der Waals surface area contributed by atoms with Crippen LogP contribution in [-0.4, -0.2) is 42.6 Å². The number of nitrogens with two attached hydrogens (primary N) is 1. The summed E-state index contributed by atoms with van der Waals surface area (Å²) < 4.78 is 9.36. The Kier molecular flexibility index (Phi) is 19.0. The predicted octanol–water partition coefficient (Wildman–Crippen LogP) is 2.42. The summed E-state index contributed by atoms with van der Waals surface area (Å²) in [4.78, 5) is 30.1. The summed E-state index contributed by atoms with van der Waals surface area (Å²) in [5.74, 6) is -1.15. The third kappa shape index (κ3) is 16.0. The van der Waals surface area contributed by atoms with Gasteiger partial charge in [-0.05, 0) is 24.3 Å². The van der Waals surface area contributed by atoms with Gasteiger partial charge in [0.25, 0.3) is 0 Å². The van der Waals surface area contributed by atoms with Crippen molar-refractivity contribution >= 4 is 30.3 Å². The van der Waals surface area contributed by atoms with Gasteiger partial charge < -0.3 is 25.1 Å². The number of unbranched alkanes of at least 4 members (excludes halogenated alkanes) is 1.